The first-order chi connectivity index (χ1) is 12.7. The zero-order valence-electron chi connectivity index (χ0n) is 15.4. The molecule has 1 unspecified atom stereocenters. The number of nitrogens with zero attached hydrogens (tertiary/aromatic N) is 1. The lowest BCUT2D eigenvalue weighted by molar-refractivity contribution is -0.127. The highest BCUT2D eigenvalue weighted by Crippen LogP contribution is 2.28. The number of carbonyl (C=O) groups is 2. The Morgan fingerprint density at radius 1 is 1.08 bits per heavy atom. The van der Waals surface area contributed by atoms with Gasteiger partial charge in [0.25, 0.3) is 0 Å². The first kappa shape index (κ1) is 18.8. The number of hydrogen-bond acceptors (Lipinski definition) is 4. The van der Waals surface area contributed by atoms with E-state index in [0.29, 0.717) is 12.5 Å². The molecule has 3 rings (SSSR count). The number of amides is 2. The van der Waals surface area contributed by atoms with Crippen LogP contribution in [0.25, 0.3) is 0 Å². The van der Waals surface area contributed by atoms with Crippen LogP contribution in [0.4, 0.5) is 0 Å². The second-order valence-corrected chi connectivity index (χ2v) is 7.54. The number of nitrogens with one attached hydrogen (secondary N) is 3. The molecule has 26 heavy (non-hydrogen) atoms. The predicted octanol–water partition coefficient (Wildman–Crippen LogP) is 1.76. The molecule has 2 amide bonds. The fraction of sp³-hybridized carbons (Fsp3) is 0.650. The second-order valence-electron chi connectivity index (χ2n) is 7.54. The Labute approximate surface area is 155 Å². The van der Waals surface area contributed by atoms with Gasteiger partial charge in [-0.3, -0.25) is 14.6 Å². The summed E-state index contributed by atoms with van der Waals surface area (Å²) < 4.78 is 0. The molecule has 2 heterocycles. The third-order valence-corrected chi connectivity index (χ3v) is 5.60. The number of hydrogen-bond donors (Lipinski definition) is 3. The van der Waals surface area contributed by atoms with Crippen molar-refractivity contribution in [3.8, 4) is 0 Å². The molecule has 0 aromatic carbocycles. The van der Waals surface area contributed by atoms with Crippen molar-refractivity contribution in [3.63, 3.8) is 0 Å². The van der Waals surface area contributed by atoms with Crippen molar-refractivity contribution in [2.24, 2.45) is 11.8 Å². The minimum absolute atomic E-state index is 0.0154. The van der Waals surface area contributed by atoms with Crippen LogP contribution in [0.5, 0.6) is 0 Å². The fourth-order valence-electron chi connectivity index (χ4n) is 3.91. The van der Waals surface area contributed by atoms with E-state index in [2.05, 4.69) is 20.9 Å². The molecule has 6 nitrogen and oxygen atoms in total. The minimum Gasteiger partial charge on any atom is -0.354 e. The summed E-state index contributed by atoms with van der Waals surface area (Å²) in [5, 5.41) is 9.41. The number of piperidine rings is 1. The van der Waals surface area contributed by atoms with Crippen LogP contribution in [0, 0.1) is 11.8 Å². The standard InChI is InChI=1S/C20H30N4O2/c25-19(23-14-16-4-3-10-21-12-16)17-8-6-15(7-9-17)13-24-20(26)18-5-1-2-11-22-18/h3-4,10,12,15,17-18,22H,1-2,5-9,11,13-14H2,(H,23,25)(H,24,26). The first-order valence-electron chi connectivity index (χ1n) is 9.90. The lowest BCUT2D eigenvalue weighted by Crippen LogP contribution is -2.47. The Morgan fingerprint density at radius 2 is 1.92 bits per heavy atom. The summed E-state index contributed by atoms with van der Waals surface area (Å²) in [6.45, 7) is 2.22. The van der Waals surface area contributed by atoms with Crippen LogP contribution in [-0.2, 0) is 16.1 Å². The Balaban J connectivity index is 1.33. The Hall–Kier alpha value is -1.95. The van der Waals surface area contributed by atoms with E-state index in [-0.39, 0.29) is 23.8 Å². The van der Waals surface area contributed by atoms with Gasteiger partial charge in [0.2, 0.25) is 11.8 Å². The summed E-state index contributed by atoms with van der Waals surface area (Å²) in [6.07, 6.45) is 10.6. The molecule has 0 spiro atoms. The van der Waals surface area contributed by atoms with Gasteiger partial charge in [-0.25, -0.2) is 0 Å². The topological polar surface area (TPSA) is 83.1 Å². The highest BCUT2D eigenvalue weighted by molar-refractivity contribution is 5.81. The first-order valence-corrected chi connectivity index (χ1v) is 9.90. The Bertz CT molecular complexity index is 579. The third kappa shape index (κ3) is 5.53. The molecule has 0 radical (unpaired) electrons. The Morgan fingerprint density at radius 3 is 2.62 bits per heavy atom. The van der Waals surface area contributed by atoms with Crippen LogP contribution in [0.3, 0.4) is 0 Å². The van der Waals surface area contributed by atoms with E-state index in [1.807, 2.05) is 12.1 Å². The molecule has 1 atom stereocenters. The third-order valence-electron chi connectivity index (χ3n) is 5.60. The average molecular weight is 358 g/mol. The lowest BCUT2D eigenvalue weighted by Gasteiger charge is -2.29. The van der Waals surface area contributed by atoms with Crippen molar-refractivity contribution in [1.29, 1.82) is 0 Å². The SMILES string of the molecule is O=C(NCc1cccnc1)C1CCC(CNC(=O)C2CCCCN2)CC1. The minimum atomic E-state index is -0.0154. The summed E-state index contributed by atoms with van der Waals surface area (Å²) in [4.78, 5) is 28.6. The lowest BCUT2D eigenvalue weighted by atomic mass is 9.81. The van der Waals surface area contributed by atoms with Gasteiger partial charge in [0.05, 0.1) is 6.04 Å². The molecule has 3 N–H and O–H groups in total. The molecule has 142 valence electrons. The van der Waals surface area contributed by atoms with Crippen LogP contribution in [-0.4, -0.2) is 35.9 Å². The van der Waals surface area contributed by atoms with Gasteiger partial charge in [-0.2, -0.15) is 0 Å². The summed E-state index contributed by atoms with van der Waals surface area (Å²) >= 11 is 0. The van der Waals surface area contributed by atoms with Crippen molar-refractivity contribution in [1.82, 2.24) is 20.9 Å². The van der Waals surface area contributed by atoms with E-state index >= 15 is 0 Å². The summed E-state index contributed by atoms with van der Waals surface area (Å²) in [5.74, 6) is 0.868. The highest BCUT2D eigenvalue weighted by Gasteiger charge is 2.27. The predicted molar refractivity (Wildman–Crippen MR) is 100 cm³/mol. The van der Waals surface area contributed by atoms with Crippen LogP contribution >= 0.6 is 0 Å². The molecule has 6 heteroatoms. The normalized spacial score (nSPS) is 26.1. The van der Waals surface area contributed by atoms with Gasteiger partial charge >= 0.3 is 0 Å². The van der Waals surface area contributed by atoms with Gasteiger partial charge in [0, 0.05) is 31.4 Å². The monoisotopic (exact) mass is 358 g/mol. The van der Waals surface area contributed by atoms with E-state index in [9.17, 15) is 9.59 Å². The van der Waals surface area contributed by atoms with Crippen molar-refractivity contribution in [2.45, 2.75) is 57.5 Å². The van der Waals surface area contributed by atoms with Crippen molar-refractivity contribution in [2.75, 3.05) is 13.1 Å². The van der Waals surface area contributed by atoms with Gasteiger partial charge in [0.1, 0.15) is 0 Å². The molecule has 1 aliphatic heterocycles. The van der Waals surface area contributed by atoms with Crippen molar-refractivity contribution >= 4 is 11.8 Å². The molecule has 1 aromatic heterocycles. The molecule has 1 aromatic rings. The number of pyridine rings is 1. The Kier molecular flexibility index (Phi) is 7.00. The van der Waals surface area contributed by atoms with Crippen LogP contribution in [0.15, 0.2) is 24.5 Å². The number of carbonyl (C=O) groups excluding carboxylic acids is 2. The molecule has 0 bridgehead atoms. The quantitative estimate of drug-likeness (QED) is 0.724. The smallest absolute Gasteiger partial charge is 0.237 e. The fourth-order valence-corrected chi connectivity index (χ4v) is 3.91. The van der Waals surface area contributed by atoms with Gasteiger partial charge in [-0.15, -0.1) is 0 Å². The van der Waals surface area contributed by atoms with E-state index in [1.165, 1.54) is 0 Å². The second kappa shape index (κ2) is 9.67. The summed E-state index contributed by atoms with van der Waals surface area (Å²) in [6, 6.07) is 3.83. The van der Waals surface area contributed by atoms with Gasteiger partial charge < -0.3 is 16.0 Å². The molecular weight excluding hydrogens is 328 g/mol. The van der Waals surface area contributed by atoms with Crippen LogP contribution in [0.1, 0.15) is 50.5 Å². The number of aromatic nitrogens is 1. The zero-order chi connectivity index (χ0) is 18.2. The summed E-state index contributed by atoms with van der Waals surface area (Å²) in [7, 11) is 0. The van der Waals surface area contributed by atoms with Crippen LogP contribution in [0.2, 0.25) is 0 Å². The number of rotatable bonds is 6. The molecule has 1 aliphatic carbocycles. The highest BCUT2D eigenvalue weighted by atomic mass is 16.2. The van der Waals surface area contributed by atoms with E-state index < -0.39 is 0 Å². The van der Waals surface area contributed by atoms with Gasteiger partial charge in [0.15, 0.2) is 0 Å². The maximum Gasteiger partial charge on any atom is 0.237 e. The molecule has 2 aliphatic rings. The van der Waals surface area contributed by atoms with E-state index in [4.69, 9.17) is 0 Å². The largest absolute Gasteiger partial charge is 0.354 e. The van der Waals surface area contributed by atoms with Crippen molar-refractivity contribution < 1.29 is 9.59 Å². The van der Waals surface area contributed by atoms with Gasteiger partial charge in [-0.05, 0) is 62.6 Å². The van der Waals surface area contributed by atoms with Crippen LogP contribution < -0.4 is 16.0 Å². The van der Waals surface area contributed by atoms with Gasteiger partial charge in [-0.1, -0.05) is 12.5 Å². The maximum absolute atomic E-state index is 12.3. The van der Waals surface area contributed by atoms with E-state index in [1.54, 1.807) is 12.4 Å². The molecule has 1 saturated carbocycles. The molecular formula is C20H30N4O2. The maximum atomic E-state index is 12.3. The molecule has 2 fully saturated rings. The van der Waals surface area contributed by atoms with E-state index in [0.717, 1.165) is 63.6 Å². The molecule has 1 saturated heterocycles. The summed E-state index contributed by atoms with van der Waals surface area (Å²) in [5.41, 5.74) is 1.02. The average Bonchev–Trinajstić information content (AvgIpc) is 2.72. The zero-order valence-corrected chi connectivity index (χ0v) is 15.4. The van der Waals surface area contributed by atoms with Crippen molar-refractivity contribution in [3.05, 3.63) is 30.1 Å².